The zero-order valence-electron chi connectivity index (χ0n) is 21.0. The minimum absolute atomic E-state index is 0.0445. The topological polar surface area (TPSA) is 168 Å². The van der Waals surface area contributed by atoms with Crippen molar-refractivity contribution in [1.29, 1.82) is 0 Å². The van der Waals surface area contributed by atoms with Crippen LogP contribution in [0.25, 0.3) is 11.0 Å². The first-order chi connectivity index (χ1) is 17.8. The number of methoxy groups -OCH3 is 1. The fourth-order valence-electron chi connectivity index (χ4n) is 5.23. The number of carbonyl (C=O) groups excluding carboxylic acids is 1. The molecule has 0 radical (unpaired) electrons. The van der Waals surface area contributed by atoms with Crippen LogP contribution in [0.2, 0.25) is 0 Å². The molecule has 2 heterocycles. The van der Waals surface area contributed by atoms with E-state index in [1.54, 1.807) is 13.2 Å². The fraction of sp³-hybridized carbons (Fsp3) is 0.654. The number of rotatable bonds is 9. The van der Waals surface area contributed by atoms with Crippen LogP contribution in [-0.2, 0) is 20.7 Å². The molecule has 4 rings (SSSR count). The Morgan fingerprint density at radius 3 is 2.46 bits per heavy atom. The summed E-state index contributed by atoms with van der Waals surface area (Å²) in [6.45, 7) is 1.96. The van der Waals surface area contributed by atoms with Crippen LogP contribution < -0.4 is 9.47 Å². The number of esters is 1. The second-order valence-corrected chi connectivity index (χ2v) is 9.58. The number of aliphatic hydroxyl groups is 5. The molecule has 1 saturated heterocycles. The fourth-order valence-corrected chi connectivity index (χ4v) is 5.23. The highest BCUT2D eigenvalue weighted by Crippen LogP contribution is 2.46. The van der Waals surface area contributed by atoms with Gasteiger partial charge in [0.25, 0.3) is 0 Å². The number of benzene rings is 1. The molecule has 206 valence electrons. The van der Waals surface area contributed by atoms with Crippen molar-refractivity contribution in [2.24, 2.45) is 0 Å². The van der Waals surface area contributed by atoms with Gasteiger partial charge < -0.3 is 48.9 Å². The van der Waals surface area contributed by atoms with Gasteiger partial charge in [-0.3, -0.25) is 4.79 Å². The van der Waals surface area contributed by atoms with Crippen molar-refractivity contribution in [3.05, 3.63) is 23.5 Å². The molecule has 1 aliphatic heterocycles. The Kier molecular flexibility index (Phi) is 8.94. The summed E-state index contributed by atoms with van der Waals surface area (Å²) in [7, 11) is 1.43. The van der Waals surface area contributed by atoms with Gasteiger partial charge in [0.05, 0.1) is 20.0 Å². The Bertz CT molecular complexity index is 1060. The summed E-state index contributed by atoms with van der Waals surface area (Å²) < 4.78 is 28.1. The first kappa shape index (κ1) is 27.6. The lowest BCUT2D eigenvalue weighted by Gasteiger charge is -2.41. The maximum absolute atomic E-state index is 12.2. The second kappa shape index (κ2) is 12.0. The Labute approximate surface area is 214 Å². The first-order valence-electron chi connectivity index (χ1n) is 12.8. The van der Waals surface area contributed by atoms with E-state index in [4.69, 9.17) is 23.4 Å². The van der Waals surface area contributed by atoms with Crippen LogP contribution in [0.15, 0.2) is 16.7 Å². The monoisotopic (exact) mass is 524 g/mol. The van der Waals surface area contributed by atoms with Crippen LogP contribution in [0.1, 0.15) is 62.5 Å². The molecule has 0 amide bonds. The molecule has 11 nitrogen and oxygen atoms in total. The summed E-state index contributed by atoms with van der Waals surface area (Å²) in [4.78, 5) is 12.2. The van der Waals surface area contributed by atoms with E-state index in [0.29, 0.717) is 17.1 Å². The highest BCUT2D eigenvalue weighted by Gasteiger charge is 2.48. The maximum Gasteiger partial charge on any atom is 0.306 e. The average Bonchev–Trinajstić information content (AvgIpc) is 3.31. The van der Waals surface area contributed by atoms with Crippen LogP contribution in [0.3, 0.4) is 0 Å². The highest BCUT2D eigenvalue weighted by atomic mass is 16.7. The van der Waals surface area contributed by atoms with Gasteiger partial charge in [-0.05, 0) is 43.7 Å². The van der Waals surface area contributed by atoms with Gasteiger partial charge in [-0.1, -0.05) is 19.3 Å². The first-order valence-corrected chi connectivity index (χ1v) is 12.8. The van der Waals surface area contributed by atoms with E-state index in [1.807, 2.05) is 6.07 Å². The Morgan fingerprint density at radius 2 is 1.81 bits per heavy atom. The van der Waals surface area contributed by atoms with E-state index < -0.39 is 43.0 Å². The third kappa shape index (κ3) is 5.71. The largest absolute Gasteiger partial charge is 0.490 e. The summed E-state index contributed by atoms with van der Waals surface area (Å²) in [5.41, 5.74) is 2.02. The van der Waals surface area contributed by atoms with Crippen molar-refractivity contribution in [3.63, 3.8) is 0 Å². The summed E-state index contributed by atoms with van der Waals surface area (Å²) >= 11 is 0. The highest BCUT2D eigenvalue weighted by molar-refractivity contribution is 5.90. The van der Waals surface area contributed by atoms with Crippen molar-refractivity contribution in [2.75, 3.05) is 13.7 Å². The summed E-state index contributed by atoms with van der Waals surface area (Å²) in [5, 5.41) is 50.9. The summed E-state index contributed by atoms with van der Waals surface area (Å²) in [6.07, 6.45) is -3.11. The number of aryl methyl sites for hydroxylation is 1. The molecule has 2 fully saturated rings. The third-order valence-electron chi connectivity index (χ3n) is 7.17. The molecule has 1 saturated carbocycles. The zero-order valence-corrected chi connectivity index (χ0v) is 21.0. The van der Waals surface area contributed by atoms with Crippen LogP contribution in [0, 0.1) is 0 Å². The molecular formula is C26H36O11. The predicted octanol–water partition coefficient (Wildman–Crippen LogP) is 1.48. The lowest BCUT2D eigenvalue weighted by Crippen LogP contribution is -2.62. The van der Waals surface area contributed by atoms with Gasteiger partial charge in [-0.2, -0.15) is 0 Å². The van der Waals surface area contributed by atoms with Gasteiger partial charge in [0.1, 0.15) is 24.4 Å². The SMILES string of the molecule is CCOC(=O)CCc1cc2c(C3CCCCC3)coc2c(OC)c1OC1OC(C(O)O)C(O)C(O)C1O. The number of hydrogen-bond acceptors (Lipinski definition) is 11. The van der Waals surface area contributed by atoms with Crippen LogP contribution in [0.5, 0.6) is 11.5 Å². The van der Waals surface area contributed by atoms with E-state index in [2.05, 4.69) is 0 Å². The molecule has 1 aliphatic carbocycles. The number of ether oxygens (including phenoxy) is 4. The predicted molar refractivity (Wildman–Crippen MR) is 129 cm³/mol. The molecule has 0 spiro atoms. The molecule has 0 bridgehead atoms. The van der Waals surface area contributed by atoms with E-state index in [0.717, 1.165) is 36.6 Å². The molecular weight excluding hydrogens is 488 g/mol. The van der Waals surface area contributed by atoms with Gasteiger partial charge in [0.15, 0.2) is 17.6 Å². The van der Waals surface area contributed by atoms with E-state index in [-0.39, 0.29) is 30.9 Å². The van der Waals surface area contributed by atoms with Gasteiger partial charge in [0, 0.05) is 17.4 Å². The van der Waals surface area contributed by atoms with Crippen molar-refractivity contribution < 1.29 is 53.7 Å². The minimum atomic E-state index is -2.14. The number of carbonyl (C=O) groups is 1. The van der Waals surface area contributed by atoms with Crippen LogP contribution in [0.4, 0.5) is 0 Å². The van der Waals surface area contributed by atoms with Crippen molar-refractivity contribution in [3.8, 4) is 11.5 Å². The lowest BCUT2D eigenvalue weighted by atomic mass is 9.83. The van der Waals surface area contributed by atoms with Crippen LogP contribution >= 0.6 is 0 Å². The van der Waals surface area contributed by atoms with E-state index in [9.17, 15) is 30.3 Å². The van der Waals surface area contributed by atoms with Gasteiger partial charge in [0.2, 0.25) is 12.0 Å². The summed E-state index contributed by atoms with van der Waals surface area (Å²) in [5.74, 6) is 0.234. The molecule has 1 aromatic carbocycles. The third-order valence-corrected chi connectivity index (χ3v) is 7.17. The number of hydrogen-bond donors (Lipinski definition) is 5. The second-order valence-electron chi connectivity index (χ2n) is 9.58. The molecule has 2 aromatic rings. The molecule has 5 unspecified atom stereocenters. The smallest absolute Gasteiger partial charge is 0.306 e. The molecule has 2 aliphatic rings. The quantitative estimate of drug-likeness (QED) is 0.238. The summed E-state index contributed by atoms with van der Waals surface area (Å²) in [6, 6.07) is 1.86. The van der Waals surface area contributed by atoms with Gasteiger partial charge >= 0.3 is 5.97 Å². The Morgan fingerprint density at radius 1 is 1.08 bits per heavy atom. The number of furan rings is 1. The zero-order chi connectivity index (χ0) is 26.7. The molecule has 11 heteroatoms. The minimum Gasteiger partial charge on any atom is -0.490 e. The van der Waals surface area contributed by atoms with Crippen molar-refractivity contribution in [2.45, 2.75) is 94.8 Å². The Hall–Kier alpha value is -2.41. The van der Waals surface area contributed by atoms with Crippen molar-refractivity contribution in [1.82, 2.24) is 0 Å². The maximum atomic E-state index is 12.2. The number of aliphatic hydroxyl groups excluding tert-OH is 4. The molecule has 5 N–H and O–H groups in total. The van der Waals surface area contributed by atoms with E-state index in [1.165, 1.54) is 13.5 Å². The average molecular weight is 525 g/mol. The Balaban J connectivity index is 1.75. The standard InChI is InChI=1S/C26H36O11/c1-3-34-17(27)10-9-14-11-15-16(13-7-5-4-6-8-13)12-35-22(15)24(33-2)21(14)36-26-20(30)18(28)19(29)23(37-26)25(31)32/h11-13,18-20,23,25-26,28-32H,3-10H2,1-2H3. The molecule has 5 atom stereocenters. The normalized spacial score (nSPS) is 27.0. The van der Waals surface area contributed by atoms with Gasteiger partial charge in [-0.25, -0.2) is 0 Å². The molecule has 1 aromatic heterocycles. The molecule has 37 heavy (non-hydrogen) atoms. The van der Waals surface area contributed by atoms with E-state index >= 15 is 0 Å². The van der Waals surface area contributed by atoms with Gasteiger partial charge in [-0.15, -0.1) is 0 Å². The lowest BCUT2D eigenvalue weighted by molar-refractivity contribution is -0.310. The van der Waals surface area contributed by atoms with Crippen molar-refractivity contribution >= 4 is 16.9 Å². The number of fused-ring (bicyclic) bond motifs is 1. The van der Waals surface area contributed by atoms with Crippen LogP contribution in [-0.4, -0.2) is 82.2 Å².